The molecule has 1 N–H and O–H groups in total. The zero-order valence-corrected chi connectivity index (χ0v) is 14.2. The molecule has 120 valence electrons. The van der Waals surface area contributed by atoms with Crippen molar-refractivity contribution in [3.63, 3.8) is 0 Å². The molecular weight excluding hydrogens is 284 g/mol. The minimum Gasteiger partial charge on any atom is -0.306 e. The van der Waals surface area contributed by atoms with E-state index in [2.05, 4.69) is 9.97 Å². The minimum absolute atomic E-state index is 0.113. The minimum atomic E-state index is -0.113. The van der Waals surface area contributed by atoms with Gasteiger partial charge in [0.15, 0.2) is 0 Å². The zero-order valence-electron chi connectivity index (χ0n) is 14.2. The summed E-state index contributed by atoms with van der Waals surface area (Å²) in [6.07, 6.45) is 3.73. The molecule has 23 heavy (non-hydrogen) atoms. The highest BCUT2D eigenvalue weighted by Gasteiger charge is 2.00. The number of fused-ring (bicyclic) bond motifs is 1. The number of hydrogen-bond acceptors (Lipinski definition) is 2. The maximum absolute atomic E-state index is 11.9. The van der Waals surface area contributed by atoms with Gasteiger partial charge in [-0.25, -0.2) is 4.98 Å². The van der Waals surface area contributed by atoms with Crippen LogP contribution in [0.4, 0.5) is 0 Å². The van der Waals surface area contributed by atoms with E-state index in [1.165, 1.54) is 0 Å². The van der Waals surface area contributed by atoms with E-state index >= 15 is 0 Å². The molecule has 0 saturated carbocycles. The second-order valence-electron chi connectivity index (χ2n) is 4.21. The third-order valence-electron chi connectivity index (χ3n) is 2.86. The molecule has 0 aliphatic carbocycles. The number of aromatic nitrogens is 2. The predicted octanol–water partition coefficient (Wildman–Crippen LogP) is 5.15. The lowest BCUT2D eigenvalue weighted by Crippen LogP contribution is -2.09. The highest BCUT2D eigenvalue weighted by atomic mass is 16.1. The zero-order chi connectivity index (χ0) is 17.1. The van der Waals surface area contributed by atoms with Gasteiger partial charge in [0, 0.05) is 0 Å². The Hall–Kier alpha value is -2.68. The number of benzene rings is 2. The molecule has 0 aliphatic heterocycles. The van der Waals surface area contributed by atoms with Crippen LogP contribution in [0.15, 0.2) is 59.4 Å². The van der Waals surface area contributed by atoms with Crippen LogP contribution in [-0.4, -0.2) is 9.97 Å². The van der Waals surface area contributed by atoms with Gasteiger partial charge in [-0.05, 0) is 23.8 Å². The Morgan fingerprint density at radius 2 is 1.43 bits per heavy atom. The SMILES string of the molecule is CC.CC.O=c1[nH]c(/C=C/c2ccccc2)nc2ccccc12. The summed E-state index contributed by atoms with van der Waals surface area (Å²) in [4.78, 5) is 19.1. The largest absolute Gasteiger partial charge is 0.306 e. The maximum Gasteiger partial charge on any atom is 0.259 e. The monoisotopic (exact) mass is 308 g/mol. The van der Waals surface area contributed by atoms with E-state index in [1.54, 1.807) is 6.07 Å². The number of aromatic amines is 1. The third kappa shape index (κ3) is 5.22. The summed E-state index contributed by atoms with van der Waals surface area (Å²) in [5.41, 5.74) is 1.66. The van der Waals surface area contributed by atoms with Gasteiger partial charge >= 0.3 is 0 Å². The van der Waals surface area contributed by atoms with Gasteiger partial charge in [-0.3, -0.25) is 4.79 Å². The van der Waals surface area contributed by atoms with Crippen molar-refractivity contribution in [2.24, 2.45) is 0 Å². The topological polar surface area (TPSA) is 45.8 Å². The molecule has 3 rings (SSSR count). The van der Waals surface area contributed by atoms with E-state index < -0.39 is 0 Å². The first-order valence-corrected chi connectivity index (χ1v) is 8.05. The molecule has 0 aliphatic rings. The molecule has 3 aromatic rings. The van der Waals surface area contributed by atoms with Crippen LogP contribution in [0.2, 0.25) is 0 Å². The van der Waals surface area contributed by atoms with Crippen molar-refractivity contribution in [3.05, 3.63) is 76.3 Å². The van der Waals surface area contributed by atoms with E-state index in [4.69, 9.17) is 0 Å². The fourth-order valence-electron chi connectivity index (χ4n) is 1.92. The molecule has 0 spiro atoms. The Bertz CT molecular complexity index is 789. The molecular formula is C20H24N2O. The first-order chi connectivity index (χ1) is 11.3. The maximum atomic E-state index is 11.9. The first kappa shape index (κ1) is 18.4. The van der Waals surface area contributed by atoms with E-state index in [0.717, 1.165) is 5.56 Å². The number of H-pyrrole nitrogens is 1. The molecule has 0 atom stereocenters. The number of rotatable bonds is 2. The van der Waals surface area contributed by atoms with Crippen LogP contribution in [0, 0.1) is 0 Å². The Labute approximate surface area is 137 Å². The van der Waals surface area contributed by atoms with Crippen molar-refractivity contribution in [3.8, 4) is 0 Å². The first-order valence-electron chi connectivity index (χ1n) is 8.05. The summed E-state index contributed by atoms with van der Waals surface area (Å²) in [5, 5.41) is 0.611. The highest BCUT2D eigenvalue weighted by molar-refractivity contribution is 5.78. The number of nitrogens with one attached hydrogen (secondary N) is 1. The van der Waals surface area contributed by atoms with Crippen LogP contribution in [0.3, 0.4) is 0 Å². The molecule has 0 fully saturated rings. The fraction of sp³-hybridized carbons (Fsp3) is 0.200. The van der Waals surface area contributed by atoms with E-state index in [-0.39, 0.29) is 5.56 Å². The van der Waals surface area contributed by atoms with E-state index in [9.17, 15) is 4.79 Å². The van der Waals surface area contributed by atoms with Crippen molar-refractivity contribution in [2.75, 3.05) is 0 Å². The van der Waals surface area contributed by atoms with Crippen LogP contribution >= 0.6 is 0 Å². The molecule has 0 amide bonds. The Balaban J connectivity index is 0.000000615. The Morgan fingerprint density at radius 3 is 2.13 bits per heavy atom. The summed E-state index contributed by atoms with van der Waals surface area (Å²) >= 11 is 0. The van der Waals surface area contributed by atoms with Crippen molar-refractivity contribution >= 4 is 23.1 Å². The Kier molecular flexibility index (Phi) is 8.08. The number of hydrogen-bond donors (Lipinski definition) is 1. The average molecular weight is 308 g/mol. The molecule has 2 aromatic carbocycles. The normalized spacial score (nSPS) is 9.74. The molecule has 0 unspecified atom stereocenters. The molecule has 1 heterocycles. The van der Waals surface area contributed by atoms with Gasteiger partial charge in [0.05, 0.1) is 10.9 Å². The van der Waals surface area contributed by atoms with Gasteiger partial charge < -0.3 is 4.98 Å². The van der Waals surface area contributed by atoms with Crippen LogP contribution in [0.25, 0.3) is 23.1 Å². The molecule has 3 heteroatoms. The van der Waals surface area contributed by atoms with Gasteiger partial charge in [-0.2, -0.15) is 0 Å². The fourth-order valence-corrected chi connectivity index (χ4v) is 1.92. The second-order valence-corrected chi connectivity index (χ2v) is 4.21. The van der Waals surface area contributed by atoms with Crippen LogP contribution < -0.4 is 5.56 Å². The standard InChI is InChI=1S/C16H12N2O.2C2H6/c19-16-13-8-4-5-9-14(13)17-15(18-16)11-10-12-6-2-1-3-7-12;2*1-2/h1-11H,(H,17,18,19);2*1-2H3/b11-10+;;. The van der Waals surface area contributed by atoms with Crippen LogP contribution in [0.1, 0.15) is 39.1 Å². The molecule has 1 aromatic heterocycles. The molecule has 0 saturated heterocycles. The number of para-hydroxylation sites is 1. The lowest BCUT2D eigenvalue weighted by molar-refractivity contribution is 1.14. The summed E-state index contributed by atoms with van der Waals surface area (Å²) in [5.74, 6) is 0.563. The van der Waals surface area contributed by atoms with Crippen molar-refractivity contribution < 1.29 is 0 Å². The smallest absolute Gasteiger partial charge is 0.259 e. The summed E-state index contributed by atoms with van der Waals surface area (Å²) in [6.45, 7) is 8.00. The van der Waals surface area contributed by atoms with Crippen LogP contribution in [0.5, 0.6) is 0 Å². The van der Waals surface area contributed by atoms with E-state index in [0.29, 0.717) is 16.7 Å². The highest BCUT2D eigenvalue weighted by Crippen LogP contribution is 2.08. The van der Waals surface area contributed by atoms with Crippen molar-refractivity contribution in [1.29, 1.82) is 0 Å². The quantitative estimate of drug-likeness (QED) is 0.712. The van der Waals surface area contributed by atoms with Gasteiger partial charge in [0.2, 0.25) is 0 Å². The van der Waals surface area contributed by atoms with Gasteiger partial charge in [-0.1, -0.05) is 76.2 Å². The summed E-state index contributed by atoms with van der Waals surface area (Å²) in [6, 6.07) is 17.2. The van der Waals surface area contributed by atoms with Gasteiger partial charge in [0.25, 0.3) is 5.56 Å². The summed E-state index contributed by atoms with van der Waals surface area (Å²) in [7, 11) is 0. The van der Waals surface area contributed by atoms with Crippen LogP contribution in [-0.2, 0) is 0 Å². The van der Waals surface area contributed by atoms with E-state index in [1.807, 2.05) is 88.4 Å². The summed E-state index contributed by atoms with van der Waals surface area (Å²) < 4.78 is 0. The molecule has 3 nitrogen and oxygen atoms in total. The lowest BCUT2D eigenvalue weighted by atomic mass is 10.2. The number of nitrogens with zero attached hydrogens (tertiary/aromatic N) is 1. The third-order valence-corrected chi connectivity index (χ3v) is 2.86. The molecule has 0 radical (unpaired) electrons. The van der Waals surface area contributed by atoms with Crippen molar-refractivity contribution in [2.45, 2.75) is 27.7 Å². The Morgan fingerprint density at radius 1 is 0.826 bits per heavy atom. The second kappa shape index (κ2) is 10.1. The lowest BCUT2D eigenvalue weighted by Gasteiger charge is -1.98. The van der Waals surface area contributed by atoms with Crippen molar-refractivity contribution in [1.82, 2.24) is 9.97 Å². The average Bonchev–Trinajstić information content (AvgIpc) is 2.64. The predicted molar refractivity (Wildman–Crippen MR) is 100 cm³/mol. The van der Waals surface area contributed by atoms with Gasteiger partial charge in [0.1, 0.15) is 5.82 Å². The molecule has 0 bridgehead atoms. The van der Waals surface area contributed by atoms with Gasteiger partial charge in [-0.15, -0.1) is 0 Å².